The molecule has 11 rings (SSSR count). The minimum absolute atomic E-state index is 0.0670. The number of amides is 2. The topological polar surface area (TPSA) is 106 Å². The van der Waals surface area contributed by atoms with Gasteiger partial charge in [-0.25, -0.2) is 4.68 Å². The van der Waals surface area contributed by atoms with Crippen LogP contribution in [-0.2, 0) is 40.3 Å². The Balaban J connectivity index is 0.000000158. The van der Waals surface area contributed by atoms with Gasteiger partial charge in [-0.1, -0.05) is 72.8 Å². The zero-order valence-corrected chi connectivity index (χ0v) is 37.8. The molecule has 3 saturated heterocycles. The van der Waals surface area contributed by atoms with Crippen molar-refractivity contribution in [2.75, 3.05) is 32.8 Å². The lowest BCUT2D eigenvalue weighted by Gasteiger charge is -2.32. The molecule has 0 radical (unpaired) electrons. The van der Waals surface area contributed by atoms with Gasteiger partial charge in [-0.15, -0.1) is 0 Å². The van der Waals surface area contributed by atoms with Crippen molar-refractivity contribution >= 4 is 33.6 Å². The number of likely N-dealkylation sites (tertiary alicyclic amines) is 2. The quantitative estimate of drug-likeness (QED) is 0.139. The maximum absolute atomic E-state index is 12.7. The summed E-state index contributed by atoms with van der Waals surface area (Å²) < 4.78 is 12.6. The summed E-state index contributed by atoms with van der Waals surface area (Å²) in [5, 5.41) is 14.0. The molecule has 11 heteroatoms. The third kappa shape index (κ3) is 10.2. The van der Waals surface area contributed by atoms with E-state index >= 15 is 0 Å². The Morgan fingerprint density at radius 3 is 1.64 bits per heavy atom. The van der Waals surface area contributed by atoms with E-state index in [0.29, 0.717) is 24.7 Å². The van der Waals surface area contributed by atoms with Gasteiger partial charge in [0.1, 0.15) is 6.23 Å². The van der Waals surface area contributed by atoms with Crippen LogP contribution in [0, 0.1) is 11.8 Å². The summed E-state index contributed by atoms with van der Waals surface area (Å²) in [4.78, 5) is 29.4. The fourth-order valence-corrected chi connectivity index (χ4v) is 10.1. The third-order valence-corrected chi connectivity index (χ3v) is 14.0. The molecule has 11 nitrogen and oxygen atoms in total. The second kappa shape index (κ2) is 20.2. The first kappa shape index (κ1) is 43.2. The SMILES string of the molecule is O=C(Cc1ccccc1)N1CCC(Cn2ccc3cc(-c4cn[nH]c4)ccc32)CC1.O=C(Cc1ccccc1)N1CCC(Cn2ccc3cc(-c4cnn(C5CCCCO5)c4)ccc32)CC1. The molecule has 3 aliphatic heterocycles. The molecule has 1 atom stereocenters. The fraction of sp³-hybridized carbons (Fsp3) is 0.345. The summed E-state index contributed by atoms with van der Waals surface area (Å²) in [7, 11) is 0. The van der Waals surface area contributed by atoms with Crippen LogP contribution in [0.4, 0.5) is 0 Å². The van der Waals surface area contributed by atoms with E-state index in [1.807, 2.05) is 93.7 Å². The second-order valence-corrected chi connectivity index (χ2v) is 18.5. The average molecular weight is 881 g/mol. The molecule has 3 aliphatic rings. The van der Waals surface area contributed by atoms with Gasteiger partial charge in [0.2, 0.25) is 11.8 Å². The van der Waals surface area contributed by atoms with Gasteiger partial charge in [-0.2, -0.15) is 10.2 Å². The van der Waals surface area contributed by atoms with E-state index in [2.05, 4.69) is 91.6 Å². The number of ether oxygens (including phenoxy) is 1. The van der Waals surface area contributed by atoms with Crippen molar-refractivity contribution in [1.29, 1.82) is 0 Å². The number of aromatic amines is 1. The molecule has 0 saturated carbocycles. The normalized spacial score (nSPS) is 17.2. The second-order valence-electron chi connectivity index (χ2n) is 18.5. The predicted molar refractivity (Wildman–Crippen MR) is 260 cm³/mol. The van der Waals surface area contributed by atoms with Crippen LogP contribution in [0.5, 0.6) is 0 Å². The number of nitrogens with zero attached hydrogens (tertiary/aromatic N) is 7. The average Bonchev–Trinajstić information content (AvgIpc) is 4.22. The molecule has 7 heterocycles. The lowest BCUT2D eigenvalue weighted by Crippen LogP contribution is -2.40. The highest BCUT2D eigenvalue weighted by atomic mass is 16.5. The van der Waals surface area contributed by atoms with E-state index < -0.39 is 0 Å². The smallest absolute Gasteiger partial charge is 0.226 e. The van der Waals surface area contributed by atoms with Gasteiger partial charge in [0.25, 0.3) is 0 Å². The predicted octanol–water partition coefficient (Wildman–Crippen LogP) is 10.2. The van der Waals surface area contributed by atoms with Crippen LogP contribution in [0.25, 0.3) is 44.1 Å². The number of fused-ring (bicyclic) bond motifs is 2. The van der Waals surface area contributed by atoms with E-state index in [1.54, 1.807) is 0 Å². The van der Waals surface area contributed by atoms with Gasteiger partial charge in [0.05, 0.1) is 25.2 Å². The molecule has 4 aromatic heterocycles. The molecule has 2 amide bonds. The molecule has 3 fully saturated rings. The number of rotatable bonds is 11. The summed E-state index contributed by atoms with van der Waals surface area (Å²) >= 11 is 0. The molecule has 1 N–H and O–H groups in total. The van der Waals surface area contributed by atoms with Crippen molar-refractivity contribution in [1.82, 2.24) is 38.9 Å². The number of piperidine rings is 2. The highest BCUT2D eigenvalue weighted by Crippen LogP contribution is 2.31. The molecule has 0 bridgehead atoms. The Labute approximate surface area is 387 Å². The zero-order chi connectivity index (χ0) is 44.7. The number of nitrogens with one attached hydrogen (secondary N) is 1. The van der Waals surface area contributed by atoms with Crippen LogP contribution >= 0.6 is 0 Å². The van der Waals surface area contributed by atoms with Crippen LogP contribution in [0.15, 0.2) is 146 Å². The molecule has 0 aliphatic carbocycles. The van der Waals surface area contributed by atoms with Gasteiger partial charge >= 0.3 is 0 Å². The van der Waals surface area contributed by atoms with Crippen molar-refractivity contribution in [3.8, 4) is 22.3 Å². The number of carbonyl (C=O) groups is 2. The molecule has 66 heavy (non-hydrogen) atoms. The number of hydrogen-bond donors (Lipinski definition) is 1. The molecule has 338 valence electrons. The summed E-state index contributed by atoms with van der Waals surface area (Å²) in [5.41, 5.74) is 9.33. The van der Waals surface area contributed by atoms with Gasteiger partial charge in [-0.05, 0) is 115 Å². The Hall–Kier alpha value is -6.72. The number of H-pyrrole nitrogens is 1. The monoisotopic (exact) mass is 880 g/mol. The summed E-state index contributed by atoms with van der Waals surface area (Å²) in [6.07, 6.45) is 20.9. The van der Waals surface area contributed by atoms with Gasteiger partial charge in [-0.3, -0.25) is 14.7 Å². The van der Waals surface area contributed by atoms with Crippen LogP contribution in [0.2, 0.25) is 0 Å². The fourth-order valence-electron chi connectivity index (χ4n) is 10.1. The molecule has 4 aromatic carbocycles. The number of aromatic nitrogens is 6. The third-order valence-electron chi connectivity index (χ3n) is 14.0. The molecule has 1 unspecified atom stereocenters. The lowest BCUT2D eigenvalue weighted by molar-refractivity contribution is -0.132. The highest BCUT2D eigenvalue weighted by molar-refractivity contribution is 5.86. The first-order valence-corrected chi connectivity index (χ1v) is 24.0. The summed E-state index contributed by atoms with van der Waals surface area (Å²) in [6.45, 7) is 6.27. The highest BCUT2D eigenvalue weighted by Gasteiger charge is 2.25. The van der Waals surface area contributed by atoms with Gasteiger partial charge in [0.15, 0.2) is 0 Å². The van der Waals surface area contributed by atoms with Crippen molar-refractivity contribution in [2.24, 2.45) is 11.8 Å². The van der Waals surface area contributed by atoms with Gasteiger partial charge < -0.3 is 23.7 Å². The first-order valence-electron chi connectivity index (χ1n) is 24.0. The summed E-state index contributed by atoms with van der Waals surface area (Å²) in [5.74, 6) is 1.69. The Kier molecular flexibility index (Phi) is 13.2. The molecular formula is C55H60N8O3. The van der Waals surface area contributed by atoms with Crippen LogP contribution in [0.3, 0.4) is 0 Å². The van der Waals surface area contributed by atoms with Crippen LogP contribution < -0.4 is 0 Å². The minimum Gasteiger partial charge on any atom is -0.357 e. The Morgan fingerprint density at radius 2 is 1.14 bits per heavy atom. The zero-order valence-electron chi connectivity index (χ0n) is 37.8. The maximum Gasteiger partial charge on any atom is 0.226 e. The molecular weight excluding hydrogens is 821 g/mol. The maximum atomic E-state index is 12.7. The van der Waals surface area contributed by atoms with E-state index in [4.69, 9.17) is 4.74 Å². The molecule has 0 spiro atoms. The van der Waals surface area contributed by atoms with Crippen LogP contribution in [-0.4, -0.2) is 83.5 Å². The number of benzene rings is 4. The van der Waals surface area contributed by atoms with E-state index in [9.17, 15) is 9.59 Å². The van der Waals surface area contributed by atoms with Crippen molar-refractivity contribution in [2.45, 2.75) is 77.1 Å². The Morgan fingerprint density at radius 1 is 0.591 bits per heavy atom. The lowest BCUT2D eigenvalue weighted by atomic mass is 9.96. The van der Waals surface area contributed by atoms with E-state index in [0.717, 1.165) is 107 Å². The van der Waals surface area contributed by atoms with E-state index in [1.165, 1.54) is 39.4 Å². The first-order chi connectivity index (χ1) is 32.5. The number of hydrogen-bond acceptors (Lipinski definition) is 5. The minimum atomic E-state index is 0.0670. The van der Waals surface area contributed by atoms with E-state index in [-0.39, 0.29) is 18.0 Å². The van der Waals surface area contributed by atoms with Crippen molar-refractivity contribution in [3.63, 3.8) is 0 Å². The number of carbonyl (C=O) groups excluding carboxylic acids is 2. The summed E-state index contributed by atoms with van der Waals surface area (Å²) in [6, 6.07) is 37.8. The standard InChI is InChI=1S/C30H34N4O2.C25H26N4O/c35-29(18-23-6-2-1-3-7-23)32-14-11-24(12-15-32)21-33-16-13-26-19-25(9-10-28(26)33)27-20-31-34(22-27)30-8-4-5-17-36-30;30-25(14-19-4-2-1-3-5-19)28-11-8-20(9-12-28)18-29-13-10-22-15-21(6-7-24(22)29)23-16-26-27-17-23/h1-3,6-7,9-10,13,16,19-20,22,24,30H,4-5,8,11-12,14-15,17-18,21H2;1-7,10,13,15-17,20H,8-9,11-12,14,18H2,(H,26,27). The Bertz CT molecular complexity index is 2820. The van der Waals surface area contributed by atoms with Crippen molar-refractivity contribution in [3.05, 3.63) is 158 Å². The van der Waals surface area contributed by atoms with Crippen molar-refractivity contribution < 1.29 is 14.3 Å². The molecule has 8 aromatic rings. The van der Waals surface area contributed by atoms with Gasteiger partial charge in [0, 0.05) is 104 Å². The van der Waals surface area contributed by atoms with Crippen LogP contribution in [0.1, 0.15) is 62.3 Å². The largest absolute Gasteiger partial charge is 0.357 e.